The maximum atomic E-state index is 14.2. The van der Waals surface area contributed by atoms with E-state index in [-0.39, 0.29) is 23.6 Å². The monoisotopic (exact) mass is 526 g/mol. The molecule has 37 heavy (non-hydrogen) atoms. The van der Waals surface area contributed by atoms with E-state index >= 15 is 0 Å². The van der Waals surface area contributed by atoms with Gasteiger partial charge in [-0.3, -0.25) is 14.6 Å². The number of carbonyl (C=O) groups excluding carboxylic acids is 1. The number of piperidine rings is 1. The molecule has 1 atom stereocenters. The van der Waals surface area contributed by atoms with Crippen molar-refractivity contribution in [3.8, 4) is 16.2 Å². The van der Waals surface area contributed by atoms with Crippen LogP contribution in [0.15, 0.2) is 36.4 Å². The highest BCUT2D eigenvalue weighted by Gasteiger charge is 2.38. The molecule has 1 aliphatic carbocycles. The summed E-state index contributed by atoms with van der Waals surface area (Å²) >= 11 is 1.46. The van der Waals surface area contributed by atoms with Crippen molar-refractivity contribution >= 4 is 28.4 Å². The van der Waals surface area contributed by atoms with E-state index in [1.807, 2.05) is 35.2 Å². The molecule has 1 saturated carbocycles. The molecule has 2 aromatic rings. The van der Waals surface area contributed by atoms with Crippen LogP contribution in [0, 0.1) is 11.8 Å². The summed E-state index contributed by atoms with van der Waals surface area (Å²) in [4.78, 5) is 31.2. The second-order valence-corrected chi connectivity index (χ2v) is 11.8. The second kappa shape index (κ2) is 12.0. The molecule has 0 bridgehead atoms. The van der Waals surface area contributed by atoms with Crippen molar-refractivity contribution in [1.29, 1.82) is 0 Å². The zero-order valence-corrected chi connectivity index (χ0v) is 22.5. The number of anilines is 1. The second-order valence-electron chi connectivity index (χ2n) is 10.8. The van der Waals surface area contributed by atoms with Crippen LogP contribution in [-0.4, -0.2) is 60.5 Å². The minimum Gasteiger partial charge on any atom is -0.449 e. The average molecular weight is 527 g/mol. The van der Waals surface area contributed by atoms with Crippen LogP contribution in [0.5, 0.6) is 5.75 Å². The lowest BCUT2D eigenvalue weighted by Crippen LogP contribution is -2.52. The molecular weight excluding hydrogens is 488 g/mol. The summed E-state index contributed by atoms with van der Waals surface area (Å²) in [6, 6.07) is 12.1. The Balaban J connectivity index is 1.45. The number of thiophene rings is 1. The van der Waals surface area contributed by atoms with Gasteiger partial charge >= 0.3 is 6.16 Å². The highest BCUT2D eigenvalue weighted by atomic mass is 32.1. The van der Waals surface area contributed by atoms with Gasteiger partial charge in [-0.25, -0.2) is 4.79 Å². The molecule has 1 aromatic carbocycles. The number of rotatable bonds is 6. The summed E-state index contributed by atoms with van der Waals surface area (Å²) in [6.07, 6.45) is 6.52. The third kappa shape index (κ3) is 6.19. The van der Waals surface area contributed by atoms with E-state index in [2.05, 4.69) is 11.8 Å². The summed E-state index contributed by atoms with van der Waals surface area (Å²) in [7, 11) is 0. The van der Waals surface area contributed by atoms with Crippen LogP contribution in [0.25, 0.3) is 10.4 Å². The molecule has 200 valence electrons. The zero-order chi connectivity index (χ0) is 25.8. The number of carbonyl (C=O) groups is 2. The molecule has 1 aromatic heterocycles. The summed E-state index contributed by atoms with van der Waals surface area (Å²) in [6.45, 7) is 5.72. The average Bonchev–Trinajstić information content (AvgIpc) is 3.33. The van der Waals surface area contributed by atoms with Gasteiger partial charge in [0.1, 0.15) is 5.00 Å². The SMILES string of the molecule is CC1CCC(C(=O)N(c2sc(-c3ccccc3)cc2OC(=O)O)C2CCN(C3CCCOC3)CC2)CC1. The van der Waals surface area contributed by atoms with Crippen molar-refractivity contribution in [3.05, 3.63) is 36.4 Å². The van der Waals surface area contributed by atoms with Crippen molar-refractivity contribution in [2.75, 3.05) is 31.2 Å². The molecule has 2 aliphatic heterocycles. The first kappa shape index (κ1) is 26.2. The number of ether oxygens (including phenoxy) is 2. The lowest BCUT2D eigenvalue weighted by atomic mass is 9.82. The van der Waals surface area contributed by atoms with Crippen molar-refractivity contribution in [3.63, 3.8) is 0 Å². The number of benzene rings is 1. The summed E-state index contributed by atoms with van der Waals surface area (Å²) in [5.41, 5.74) is 0.986. The van der Waals surface area contributed by atoms with Gasteiger partial charge in [-0.15, -0.1) is 11.3 Å². The van der Waals surface area contributed by atoms with Gasteiger partial charge in [0.05, 0.1) is 6.61 Å². The van der Waals surface area contributed by atoms with Crippen LogP contribution in [0.4, 0.5) is 9.80 Å². The highest BCUT2D eigenvalue weighted by Crippen LogP contribution is 2.46. The van der Waals surface area contributed by atoms with Crippen LogP contribution in [0.1, 0.15) is 58.3 Å². The molecule has 3 heterocycles. The van der Waals surface area contributed by atoms with Crippen molar-refractivity contribution < 1.29 is 24.2 Å². The Morgan fingerprint density at radius 1 is 1.05 bits per heavy atom. The van der Waals surface area contributed by atoms with Gasteiger partial charge in [-0.1, -0.05) is 37.3 Å². The van der Waals surface area contributed by atoms with Gasteiger partial charge in [-0.05, 0) is 62.8 Å². The Labute approximate surface area is 223 Å². The van der Waals surface area contributed by atoms with E-state index in [1.54, 1.807) is 6.07 Å². The smallest absolute Gasteiger partial charge is 0.449 e. The Morgan fingerprint density at radius 2 is 1.78 bits per heavy atom. The Hall–Kier alpha value is -2.42. The molecule has 0 radical (unpaired) electrons. The molecule has 1 N–H and O–H groups in total. The van der Waals surface area contributed by atoms with E-state index in [4.69, 9.17) is 9.47 Å². The summed E-state index contributed by atoms with van der Waals surface area (Å²) in [5.74, 6) is 1.01. The van der Waals surface area contributed by atoms with E-state index < -0.39 is 6.16 Å². The number of carboxylic acid groups (broad SMARTS) is 1. The van der Waals surface area contributed by atoms with Gasteiger partial charge in [0.15, 0.2) is 5.75 Å². The van der Waals surface area contributed by atoms with E-state index in [9.17, 15) is 14.7 Å². The molecule has 2 saturated heterocycles. The molecule has 5 rings (SSSR count). The lowest BCUT2D eigenvalue weighted by Gasteiger charge is -2.43. The molecule has 3 aliphatic rings. The molecule has 8 heteroatoms. The van der Waals surface area contributed by atoms with Gasteiger partial charge in [0.2, 0.25) is 5.91 Å². The van der Waals surface area contributed by atoms with Gasteiger partial charge in [0.25, 0.3) is 0 Å². The van der Waals surface area contributed by atoms with Crippen molar-refractivity contribution in [1.82, 2.24) is 4.90 Å². The zero-order valence-electron chi connectivity index (χ0n) is 21.6. The Kier molecular flexibility index (Phi) is 8.47. The normalized spacial score (nSPS) is 25.5. The standard InChI is InChI=1S/C29H38N2O5S/c1-20-9-11-22(12-10-20)27(32)31(23-13-15-30(16-14-23)24-8-5-17-35-19-24)28-25(36-29(33)34)18-26(37-28)21-6-3-2-4-7-21/h2-4,6-7,18,20,22-24H,5,8-17,19H2,1H3,(H,33,34). The highest BCUT2D eigenvalue weighted by molar-refractivity contribution is 7.20. The summed E-state index contributed by atoms with van der Waals surface area (Å²) in [5, 5.41) is 10.1. The van der Waals surface area contributed by atoms with E-state index in [1.165, 1.54) is 11.3 Å². The first-order valence-electron chi connectivity index (χ1n) is 13.7. The van der Waals surface area contributed by atoms with Crippen LogP contribution < -0.4 is 9.64 Å². The fourth-order valence-electron chi connectivity index (χ4n) is 6.11. The largest absolute Gasteiger partial charge is 0.511 e. The number of hydrogen-bond donors (Lipinski definition) is 1. The van der Waals surface area contributed by atoms with Crippen molar-refractivity contribution in [2.45, 2.75) is 70.4 Å². The minimum atomic E-state index is -1.36. The molecule has 0 spiro atoms. The fraction of sp³-hybridized carbons (Fsp3) is 0.586. The molecule has 3 fully saturated rings. The quantitative estimate of drug-likeness (QED) is 0.447. The molecule has 1 amide bonds. The predicted octanol–water partition coefficient (Wildman–Crippen LogP) is 6.27. The third-order valence-corrected chi connectivity index (χ3v) is 9.44. The van der Waals surface area contributed by atoms with Crippen LogP contribution in [0.2, 0.25) is 0 Å². The molecule has 1 unspecified atom stereocenters. The molecule has 7 nitrogen and oxygen atoms in total. The Bertz CT molecular complexity index is 1050. The van der Waals surface area contributed by atoms with Crippen LogP contribution in [-0.2, 0) is 9.53 Å². The minimum absolute atomic E-state index is 0.0195. The van der Waals surface area contributed by atoms with E-state index in [0.29, 0.717) is 17.0 Å². The van der Waals surface area contributed by atoms with Gasteiger partial charge in [0, 0.05) is 48.6 Å². The van der Waals surface area contributed by atoms with Gasteiger partial charge < -0.3 is 14.6 Å². The van der Waals surface area contributed by atoms with Crippen molar-refractivity contribution in [2.24, 2.45) is 11.8 Å². The number of amides is 1. The fourth-order valence-corrected chi connectivity index (χ4v) is 7.28. The lowest BCUT2D eigenvalue weighted by molar-refractivity contribution is -0.124. The first-order valence-corrected chi connectivity index (χ1v) is 14.6. The predicted molar refractivity (Wildman–Crippen MR) is 145 cm³/mol. The molecular formula is C29H38N2O5S. The Morgan fingerprint density at radius 3 is 2.43 bits per heavy atom. The van der Waals surface area contributed by atoms with Crippen LogP contribution in [0.3, 0.4) is 0 Å². The number of nitrogens with zero attached hydrogens (tertiary/aromatic N) is 2. The van der Waals surface area contributed by atoms with Crippen LogP contribution >= 0.6 is 11.3 Å². The van der Waals surface area contributed by atoms with Gasteiger partial charge in [-0.2, -0.15) is 0 Å². The van der Waals surface area contributed by atoms with E-state index in [0.717, 1.165) is 88.1 Å². The third-order valence-electron chi connectivity index (χ3n) is 8.27. The topological polar surface area (TPSA) is 79.3 Å². The first-order chi connectivity index (χ1) is 18.0. The maximum absolute atomic E-state index is 14.2. The number of likely N-dealkylation sites (tertiary alicyclic amines) is 1. The summed E-state index contributed by atoms with van der Waals surface area (Å²) < 4.78 is 11.0. The number of hydrogen-bond acceptors (Lipinski definition) is 6. The maximum Gasteiger partial charge on any atom is 0.511 e.